The van der Waals surface area contributed by atoms with Crippen LogP contribution in [0.1, 0.15) is 25.6 Å². The molecule has 1 aromatic heterocycles. The number of halogens is 1. The maximum absolute atomic E-state index is 14.1. The van der Waals surface area contributed by atoms with Gasteiger partial charge in [0.2, 0.25) is 0 Å². The third-order valence-electron chi connectivity index (χ3n) is 3.26. The summed E-state index contributed by atoms with van der Waals surface area (Å²) in [6.07, 6.45) is 0. The Morgan fingerprint density at radius 3 is 2.76 bits per heavy atom. The molecule has 21 heavy (non-hydrogen) atoms. The van der Waals surface area contributed by atoms with Gasteiger partial charge in [0.15, 0.2) is 5.78 Å². The Bertz CT molecular complexity index is 767. The van der Waals surface area contributed by atoms with E-state index < -0.39 is 17.5 Å². The highest BCUT2D eigenvalue weighted by Crippen LogP contribution is 2.33. The van der Waals surface area contributed by atoms with E-state index in [1.165, 1.54) is 23.5 Å². The second-order valence-corrected chi connectivity index (χ2v) is 5.71. The fourth-order valence-corrected chi connectivity index (χ4v) is 2.99. The van der Waals surface area contributed by atoms with Crippen molar-refractivity contribution in [2.45, 2.75) is 6.92 Å². The molecule has 1 amide bonds. The maximum atomic E-state index is 14.1. The molecule has 3 rings (SSSR count). The van der Waals surface area contributed by atoms with Crippen molar-refractivity contribution in [2.75, 3.05) is 11.4 Å². The molecule has 0 unspecified atom stereocenters. The van der Waals surface area contributed by atoms with Gasteiger partial charge in [-0.1, -0.05) is 6.07 Å². The van der Waals surface area contributed by atoms with Crippen LogP contribution in [0.15, 0.2) is 29.6 Å². The molecule has 2 aromatic rings. The van der Waals surface area contributed by atoms with Gasteiger partial charge in [0.1, 0.15) is 5.82 Å². The summed E-state index contributed by atoms with van der Waals surface area (Å²) >= 11 is 1.24. The van der Waals surface area contributed by atoms with Crippen molar-refractivity contribution in [3.8, 4) is 0 Å². The minimum Gasteiger partial charge on any atom is -0.294 e. The molecule has 6 heteroatoms. The van der Waals surface area contributed by atoms with Crippen molar-refractivity contribution in [3.05, 3.63) is 51.5 Å². The molecule has 0 saturated heterocycles. The van der Waals surface area contributed by atoms with Gasteiger partial charge in [-0.2, -0.15) is 0 Å². The van der Waals surface area contributed by atoms with Crippen LogP contribution in [0, 0.1) is 12.7 Å². The summed E-state index contributed by atoms with van der Waals surface area (Å²) in [6.45, 7) is 1.30. The van der Waals surface area contributed by atoms with Crippen LogP contribution in [0.4, 0.5) is 10.1 Å². The first kappa shape index (κ1) is 13.6. The molecule has 0 bridgehead atoms. The molecule has 0 atom stereocenters. The van der Waals surface area contributed by atoms with Crippen molar-refractivity contribution >= 4 is 34.5 Å². The molecule has 106 valence electrons. The van der Waals surface area contributed by atoms with E-state index in [0.29, 0.717) is 10.4 Å². The minimum absolute atomic E-state index is 0.0245. The Labute approximate surface area is 123 Å². The van der Waals surface area contributed by atoms with Crippen molar-refractivity contribution in [2.24, 2.45) is 0 Å². The quantitative estimate of drug-likeness (QED) is 0.647. The summed E-state index contributed by atoms with van der Waals surface area (Å²) < 4.78 is 14.1. The molecule has 1 aliphatic rings. The van der Waals surface area contributed by atoms with Crippen molar-refractivity contribution < 1.29 is 18.8 Å². The highest BCUT2D eigenvalue weighted by Gasteiger charge is 2.39. The second kappa shape index (κ2) is 4.89. The first-order valence-electron chi connectivity index (χ1n) is 6.22. The zero-order valence-electron chi connectivity index (χ0n) is 11.1. The Morgan fingerprint density at radius 1 is 1.33 bits per heavy atom. The van der Waals surface area contributed by atoms with Crippen LogP contribution >= 0.6 is 11.3 Å². The lowest BCUT2D eigenvalue weighted by Gasteiger charge is -2.15. The van der Waals surface area contributed by atoms with Gasteiger partial charge < -0.3 is 0 Å². The molecule has 0 spiro atoms. The third kappa shape index (κ3) is 2.17. The number of carbonyl (C=O) groups excluding carboxylic acids is 3. The van der Waals surface area contributed by atoms with E-state index in [1.54, 1.807) is 24.4 Å². The summed E-state index contributed by atoms with van der Waals surface area (Å²) in [5, 5.41) is 1.74. The number of Topliss-reactive ketones (excluding diaryl/α,β-unsaturated/α-hetero) is 2. The van der Waals surface area contributed by atoms with Gasteiger partial charge >= 0.3 is 0 Å². The van der Waals surface area contributed by atoms with E-state index in [9.17, 15) is 18.8 Å². The lowest BCUT2D eigenvalue weighted by molar-refractivity contribution is -0.114. The smallest absolute Gasteiger partial charge is 0.294 e. The SMILES string of the molecule is Cc1cc(F)c2c(c1)C(=O)C(=O)N2CC(=O)c1cccs1. The number of amides is 1. The molecule has 1 aromatic carbocycles. The van der Waals surface area contributed by atoms with Gasteiger partial charge in [0, 0.05) is 0 Å². The van der Waals surface area contributed by atoms with Gasteiger partial charge in [0.05, 0.1) is 22.7 Å². The minimum atomic E-state index is -0.862. The highest BCUT2D eigenvalue weighted by molar-refractivity contribution is 7.12. The van der Waals surface area contributed by atoms with Gasteiger partial charge in [-0.05, 0) is 36.1 Å². The van der Waals surface area contributed by atoms with E-state index in [0.717, 1.165) is 4.90 Å². The average molecular weight is 303 g/mol. The summed E-state index contributed by atoms with van der Waals surface area (Å²) in [6, 6.07) is 6.05. The largest absolute Gasteiger partial charge is 0.299 e. The van der Waals surface area contributed by atoms with Gasteiger partial charge in [-0.15, -0.1) is 11.3 Å². The number of hydrogen-bond acceptors (Lipinski definition) is 4. The number of hydrogen-bond donors (Lipinski definition) is 0. The zero-order valence-corrected chi connectivity index (χ0v) is 11.9. The van der Waals surface area contributed by atoms with Gasteiger partial charge in [-0.25, -0.2) is 4.39 Å². The van der Waals surface area contributed by atoms with Gasteiger partial charge in [-0.3, -0.25) is 19.3 Å². The third-order valence-corrected chi connectivity index (χ3v) is 4.17. The fraction of sp³-hybridized carbons (Fsp3) is 0.133. The van der Waals surface area contributed by atoms with Crippen LogP contribution < -0.4 is 4.90 Å². The molecule has 0 fully saturated rings. The first-order chi connectivity index (χ1) is 9.99. The average Bonchev–Trinajstić information content (AvgIpc) is 3.03. The van der Waals surface area contributed by atoms with Crippen molar-refractivity contribution in [3.63, 3.8) is 0 Å². The molecule has 2 heterocycles. The van der Waals surface area contributed by atoms with Crippen molar-refractivity contribution in [1.29, 1.82) is 0 Å². The monoisotopic (exact) mass is 303 g/mol. The molecular weight excluding hydrogens is 293 g/mol. The van der Waals surface area contributed by atoms with Crippen LogP contribution in [0.5, 0.6) is 0 Å². The molecule has 4 nitrogen and oxygen atoms in total. The standard InChI is InChI=1S/C15H10FNO3S/c1-8-5-9-13(10(16)6-8)17(15(20)14(9)19)7-11(18)12-3-2-4-21-12/h2-6H,7H2,1H3. The number of ketones is 2. The summed E-state index contributed by atoms with van der Waals surface area (Å²) in [5.41, 5.74) is 0.482. The van der Waals surface area contributed by atoms with E-state index in [1.807, 2.05) is 0 Å². The predicted octanol–water partition coefficient (Wildman–Crippen LogP) is 2.61. The summed E-state index contributed by atoms with van der Waals surface area (Å²) in [5.74, 6) is -2.62. The Hall–Kier alpha value is -2.34. The number of benzene rings is 1. The number of aryl methyl sites for hydroxylation is 1. The number of anilines is 1. The van der Waals surface area contributed by atoms with E-state index in [2.05, 4.69) is 0 Å². The Balaban J connectivity index is 2.00. The lowest BCUT2D eigenvalue weighted by atomic mass is 10.1. The Kier molecular flexibility index (Phi) is 3.17. The zero-order chi connectivity index (χ0) is 15.1. The van der Waals surface area contributed by atoms with Crippen molar-refractivity contribution in [1.82, 2.24) is 0 Å². The molecular formula is C15H10FNO3S. The Morgan fingerprint density at radius 2 is 2.10 bits per heavy atom. The topological polar surface area (TPSA) is 54.5 Å². The number of nitrogens with zero attached hydrogens (tertiary/aromatic N) is 1. The first-order valence-corrected chi connectivity index (χ1v) is 7.10. The second-order valence-electron chi connectivity index (χ2n) is 4.76. The van der Waals surface area contributed by atoms with Crippen LogP contribution in [0.25, 0.3) is 0 Å². The van der Waals surface area contributed by atoms with Crippen LogP contribution in [-0.4, -0.2) is 24.0 Å². The lowest BCUT2D eigenvalue weighted by Crippen LogP contribution is -2.34. The van der Waals surface area contributed by atoms with E-state index in [4.69, 9.17) is 0 Å². The number of thiophene rings is 1. The molecule has 1 aliphatic heterocycles. The van der Waals surface area contributed by atoms with Crippen LogP contribution in [-0.2, 0) is 4.79 Å². The van der Waals surface area contributed by atoms with E-state index in [-0.39, 0.29) is 23.6 Å². The number of rotatable bonds is 3. The van der Waals surface area contributed by atoms with Crippen LogP contribution in [0.2, 0.25) is 0 Å². The molecule has 0 aliphatic carbocycles. The number of fused-ring (bicyclic) bond motifs is 1. The van der Waals surface area contributed by atoms with Gasteiger partial charge in [0.25, 0.3) is 11.7 Å². The van der Waals surface area contributed by atoms with Crippen LogP contribution in [0.3, 0.4) is 0 Å². The summed E-state index contributed by atoms with van der Waals surface area (Å²) in [4.78, 5) is 37.4. The van der Waals surface area contributed by atoms with E-state index >= 15 is 0 Å². The summed E-state index contributed by atoms with van der Waals surface area (Å²) in [7, 11) is 0. The predicted molar refractivity (Wildman–Crippen MR) is 76.5 cm³/mol. The molecule has 0 saturated carbocycles. The highest BCUT2D eigenvalue weighted by atomic mass is 32.1. The fourth-order valence-electron chi connectivity index (χ4n) is 2.33. The molecule has 0 radical (unpaired) electrons. The molecule has 0 N–H and O–H groups in total. The maximum Gasteiger partial charge on any atom is 0.299 e. The number of carbonyl (C=O) groups is 3. The normalized spacial score (nSPS) is 13.7.